The zero-order chi connectivity index (χ0) is 27.9. The Morgan fingerprint density at radius 1 is 0.775 bits per heavy atom. The van der Waals surface area contributed by atoms with Gasteiger partial charge in [-0.3, -0.25) is 4.99 Å². The number of rotatable bonds is 5. The van der Waals surface area contributed by atoms with E-state index in [0.29, 0.717) is 5.92 Å². The molecule has 0 saturated carbocycles. The van der Waals surface area contributed by atoms with Gasteiger partial charge in [-0.05, 0) is 63.1 Å². The molecular formula is C37H34N2S. The fourth-order valence-corrected chi connectivity index (χ4v) is 6.18. The number of hydrogen-bond acceptors (Lipinski definition) is 3. The highest BCUT2D eigenvalue weighted by molar-refractivity contribution is 7.21. The summed E-state index contributed by atoms with van der Waals surface area (Å²) in [5.74, 6) is 0.506. The standard InChI is InChI=1S/C37H34N2S/c1-24(2)25-17-19-27(20-18-25)32-21-29(37(3,4)5)22-34-35(32)39-36(40-34)31-15-8-9-16-33(31)38-23-28-13-10-12-26-11-6-7-14-30(26)28/h6-24H,1-5H3. The molecule has 0 aliphatic carbocycles. The van der Waals surface area contributed by atoms with E-state index in [-0.39, 0.29) is 5.41 Å². The maximum atomic E-state index is 5.25. The van der Waals surface area contributed by atoms with Gasteiger partial charge < -0.3 is 0 Å². The maximum absolute atomic E-state index is 5.25. The van der Waals surface area contributed by atoms with Crippen molar-refractivity contribution in [2.45, 2.75) is 46.0 Å². The van der Waals surface area contributed by atoms with Gasteiger partial charge in [-0.25, -0.2) is 4.98 Å². The number of aliphatic imine (C=N–C) groups is 1. The highest BCUT2D eigenvalue weighted by Crippen LogP contribution is 2.41. The predicted molar refractivity (Wildman–Crippen MR) is 174 cm³/mol. The van der Waals surface area contributed by atoms with Crippen LogP contribution in [0.3, 0.4) is 0 Å². The molecule has 3 heteroatoms. The lowest BCUT2D eigenvalue weighted by Crippen LogP contribution is -2.11. The van der Waals surface area contributed by atoms with Crippen LogP contribution in [0.4, 0.5) is 5.69 Å². The molecule has 0 atom stereocenters. The number of thiazole rings is 1. The van der Waals surface area contributed by atoms with E-state index in [2.05, 4.69) is 132 Å². The van der Waals surface area contributed by atoms with Gasteiger partial charge >= 0.3 is 0 Å². The van der Waals surface area contributed by atoms with E-state index in [4.69, 9.17) is 9.98 Å². The Balaban J connectivity index is 1.47. The lowest BCUT2D eigenvalue weighted by atomic mass is 9.85. The van der Waals surface area contributed by atoms with Crippen LogP contribution in [-0.2, 0) is 5.41 Å². The summed E-state index contributed by atoms with van der Waals surface area (Å²) in [5.41, 5.74) is 9.25. The molecular weight excluding hydrogens is 504 g/mol. The number of aromatic nitrogens is 1. The van der Waals surface area contributed by atoms with Gasteiger partial charge in [0.2, 0.25) is 0 Å². The number of para-hydroxylation sites is 1. The lowest BCUT2D eigenvalue weighted by molar-refractivity contribution is 0.591. The molecule has 6 aromatic rings. The second kappa shape index (κ2) is 10.5. The van der Waals surface area contributed by atoms with Crippen LogP contribution in [0.2, 0.25) is 0 Å². The summed E-state index contributed by atoms with van der Waals surface area (Å²) in [7, 11) is 0. The lowest BCUT2D eigenvalue weighted by Gasteiger charge is -2.20. The van der Waals surface area contributed by atoms with Gasteiger partial charge in [0, 0.05) is 22.9 Å². The number of hydrogen-bond donors (Lipinski definition) is 0. The fraction of sp³-hybridized carbons (Fsp3) is 0.189. The smallest absolute Gasteiger partial charge is 0.126 e. The van der Waals surface area contributed by atoms with Gasteiger partial charge in [0.15, 0.2) is 0 Å². The third-order valence-corrected chi connectivity index (χ3v) is 8.59. The molecule has 0 N–H and O–H groups in total. The molecule has 1 heterocycles. The molecule has 0 aliphatic rings. The molecule has 0 aliphatic heterocycles. The van der Waals surface area contributed by atoms with E-state index in [1.54, 1.807) is 11.3 Å². The summed E-state index contributed by atoms with van der Waals surface area (Å²) in [5, 5.41) is 3.41. The summed E-state index contributed by atoms with van der Waals surface area (Å²) >= 11 is 1.75. The minimum Gasteiger partial charge on any atom is -0.256 e. The maximum Gasteiger partial charge on any atom is 0.126 e. The van der Waals surface area contributed by atoms with Gasteiger partial charge in [-0.2, -0.15) is 0 Å². The molecule has 0 bridgehead atoms. The largest absolute Gasteiger partial charge is 0.256 e. The summed E-state index contributed by atoms with van der Waals surface area (Å²) in [6.45, 7) is 11.3. The highest BCUT2D eigenvalue weighted by atomic mass is 32.1. The highest BCUT2D eigenvalue weighted by Gasteiger charge is 2.20. The van der Waals surface area contributed by atoms with Crippen LogP contribution in [0.15, 0.2) is 108 Å². The fourth-order valence-electron chi connectivity index (χ4n) is 5.11. The minimum absolute atomic E-state index is 0.0334. The van der Waals surface area contributed by atoms with Crippen LogP contribution in [-0.4, -0.2) is 11.2 Å². The van der Waals surface area contributed by atoms with E-state index in [1.807, 2.05) is 12.3 Å². The summed E-state index contributed by atoms with van der Waals surface area (Å²) in [6.07, 6.45) is 1.98. The first-order valence-electron chi connectivity index (χ1n) is 13.9. The third-order valence-electron chi connectivity index (χ3n) is 7.55. The summed E-state index contributed by atoms with van der Waals surface area (Å²) < 4.78 is 1.21. The molecule has 0 amide bonds. The summed E-state index contributed by atoms with van der Waals surface area (Å²) in [6, 6.07) is 36.8. The van der Waals surface area contributed by atoms with Crippen molar-refractivity contribution in [3.63, 3.8) is 0 Å². The van der Waals surface area contributed by atoms with Gasteiger partial charge in [0.1, 0.15) is 5.01 Å². The second-order valence-corrected chi connectivity index (χ2v) is 12.8. The Hall–Kier alpha value is -4.08. The minimum atomic E-state index is 0.0334. The van der Waals surface area contributed by atoms with Crippen molar-refractivity contribution in [1.82, 2.24) is 4.98 Å². The molecule has 40 heavy (non-hydrogen) atoms. The Morgan fingerprint density at radius 2 is 1.50 bits per heavy atom. The topological polar surface area (TPSA) is 25.2 Å². The molecule has 0 radical (unpaired) electrons. The first kappa shape index (κ1) is 26.2. The van der Waals surface area contributed by atoms with Crippen LogP contribution in [0.5, 0.6) is 0 Å². The quantitative estimate of drug-likeness (QED) is 0.200. The molecule has 0 saturated heterocycles. The van der Waals surface area contributed by atoms with Crippen molar-refractivity contribution in [3.8, 4) is 21.7 Å². The number of fused-ring (bicyclic) bond motifs is 2. The van der Waals surface area contributed by atoms with Crippen LogP contribution in [0, 0.1) is 0 Å². The first-order chi connectivity index (χ1) is 19.3. The Bertz CT molecular complexity index is 1850. The Morgan fingerprint density at radius 3 is 2.27 bits per heavy atom. The van der Waals surface area contributed by atoms with Gasteiger partial charge in [-0.15, -0.1) is 11.3 Å². The second-order valence-electron chi connectivity index (χ2n) is 11.8. The predicted octanol–water partition coefficient (Wildman–Crippen LogP) is 11.0. The normalized spacial score (nSPS) is 12.2. The van der Waals surface area contributed by atoms with Gasteiger partial charge in [0.05, 0.1) is 15.9 Å². The van der Waals surface area contributed by atoms with Gasteiger partial charge in [0.25, 0.3) is 0 Å². The van der Waals surface area contributed by atoms with Crippen LogP contribution in [0.25, 0.3) is 42.7 Å². The van der Waals surface area contributed by atoms with Crippen molar-refractivity contribution in [1.29, 1.82) is 0 Å². The first-order valence-corrected chi connectivity index (χ1v) is 14.8. The van der Waals surface area contributed by atoms with Crippen molar-refractivity contribution in [2.24, 2.45) is 4.99 Å². The SMILES string of the molecule is CC(C)c1ccc(-c2cc(C(C)(C)C)cc3sc(-c4ccccc4N=Cc4cccc5ccccc45)nc23)cc1. The van der Waals surface area contributed by atoms with Crippen molar-refractivity contribution in [2.75, 3.05) is 0 Å². The molecule has 5 aromatic carbocycles. The average Bonchev–Trinajstić information content (AvgIpc) is 3.39. The van der Waals surface area contributed by atoms with Crippen LogP contribution >= 0.6 is 11.3 Å². The van der Waals surface area contributed by atoms with E-state index >= 15 is 0 Å². The monoisotopic (exact) mass is 538 g/mol. The Kier molecular flexibility index (Phi) is 6.85. The molecule has 1 aromatic heterocycles. The molecule has 198 valence electrons. The molecule has 0 fully saturated rings. The third kappa shape index (κ3) is 5.10. The van der Waals surface area contributed by atoms with Crippen molar-refractivity contribution < 1.29 is 0 Å². The van der Waals surface area contributed by atoms with Crippen LogP contribution < -0.4 is 0 Å². The van der Waals surface area contributed by atoms with Crippen molar-refractivity contribution in [3.05, 3.63) is 120 Å². The zero-order valence-electron chi connectivity index (χ0n) is 23.8. The molecule has 0 spiro atoms. The van der Waals surface area contributed by atoms with E-state index in [1.165, 1.54) is 37.7 Å². The molecule has 6 rings (SSSR count). The van der Waals surface area contributed by atoms with Crippen molar-refractivity contribution >= 4 is 44.2 Å². The average molecular weight is 539 g/mol. The summed E-state index contributed by atoms with van der Waals surface area (Å²) in [4.78, 5) is 10.2. The number of nitrogens with zero attached hydrogens (tertiary/aromatic N) is 2. The molecule has 0 unspecified atom stereocenters. The number of benzene rings is 5. The Labute approximate surface area is 241 Å². The van der Waals surface area contributed by atoms with Gasteiger partial charge in [-0.1, -0.05) is 113 Å². The molecule has 2 nitrogen and oxygen atoms in total. The van der Waals surface area contributed by atoms with E-state index in [0.717, 1.165) is 27.3 Å². The van der Waals surface area contributed by atoms with E-state index < -0.39 is 0 Å². The zero-order valence-corrected chi connectivity index (χ0v) is 24.6. The van der Waals surface area contributed by atoms with E-state index in [9.17, 15) is 0 Å². The van der Waals surface area contributed by atoms with Crippen LogP contribution in [0.1, 0.15) is 57.2 Å².